The summed E-state index contributed by atoms with van der Waals surface area (Å²) in [6, 6.07) is 1.26. The zero-order valence-corrected chi connectivity index (χ0v) is 9.89. The van der Waals surface area contributed by atoms with Crippen LogP contribution in [0.1, 0.15) is 40.5 Å². The molecule has 14 heavy (non-hydrogen) atoms. The maximum absolute atomic E-state index is 5.48. The Bertz CT molecular complexity index is 202. The molecule has 1 unspecified atom stereocenters. The van der Waals surface area contributed by atoms with Crippen LogP contribution in [0, 0.1) is 10.8 Å². The topological polar surface area (TPSA) is 21.3 Å². The van der Waals surface area contributed by atoms with E-state index in [1.54, 1.807) is 0 Å². The first-order valence-corrected chi connectivity index (χ1v) is 5.80. The van der Waals surface area contributed by atoms with Crippen LogP contribution in [0.4, 0.5) is 0 Å². The first-order valence-electron chi connectivity index (χ1n) is 5.80. The fourth-order valence-corrected chi connectivity index (χ4v) is 2.72. The molecule has 0 aromatic heterocycles. The van der Waals surface area contributed by atoms with Crippen molar-refractivity contribution in [3.8, 4) is 0 Å². The molecule has 1 heterocycles. The molecule has 2 rings (SSSR count). The van der Waals surface area contributed by atoms with Crippen molar-refractivity contribution in [1.29, 1.82) is 0 Å². The molecule has 82 valence electrons. The molecule has 0 aromatic rings. The molecule has 2 heteroatoms. The molecule has 1 saturated heterocycles. The van der Waals surface area contributed by atoms with Crippen molar-refractivity contribution < 1.29 is 4.74 Å². The lowest BCUT2D eigenvalue weighted by molar-refractivity contribution is 0.0682. The van der Waals surface area contributed by atoms with E-state index in [1.807, 2.05) is 0 Å². The number of rotatable bonds is 2. The maximum atomic E-state index is 5.48. The highest BCUT2D eigenvalue weighted by Crippen LogP contribution is 2.62. The van der Waals surface area contributed by atoms with Gasteiger partial charge in [0, 0.05) is 18.7 Å². The van der Waals surface area contributed by atoms with Gasteiger partial charge in [-0.1, -0.05) is 27.7 Å². The third-order valence-electron chi connectivity index (χ3n) is 4.58. The summed E-state index contributed by atoms with van der Waals surface area (Å²) in [6.07, 6.45) is 2.49. The van der Waals surface area contributed by atoms with Crippen molar-refractivity contribution in [1.82, 2.24) is 5.32 Å². The van der Waals surface area contributed by atoms with Gasteiger partial charge in [-0.25, -0.2) is 0 Å². The minimum atomic E-state index is 0.449. The van der Waals surface area contributed by atoms with Gasteiger partial charge >= 0.3 is 0 Å². The predicted octanol–water partition coefficient (Wildman–Crippen LogP) is 2.19. The molecule has 0 bridgehead atoms. The standard InChI is InChI=1S/C12H23NO/c1-11(2)10(12(11,3)4)13-9-6-5-7-14-8-9/h9-10,13H,5-8H2,1-4H3. The van der Waals surface area contributed by atoms with Crippen molar-refractivity contribution in [2.75, 3.05) is 13.2 Å². The Labute approximate surface area is 87.4 Å². The van der Waals surface area contributed by atoms with Crippen LogP contribution in [0.15, 0.2) is 0 Å². The number of ether oxygens (including phenoxy) is 1. The highest BCUT2D eigenvalue weighted by Gasteiger charge is 2.64. The van der Waals surface area contributed by atoms with E-state index in [4.69, 9.17) is 4.74 Å². The van der Waals surface area contributed by atoms with Crippen molar-refractivity contribution in [2.45, 2.75) is 52.6 Å². The van der Waals surface area contributed by atoms with Gasteiger partial charge in [-0.3, -0.25) is 0 Å². The third kappa shape index (κ3) is 1.49. The quantitative estimate of drug-likeness (QED) is 0.732. The summed E-state index contributed by atoms with van der Waals surface area (Å²) in [6.45, 7) is 11.3. The van der Waals surface area contributed by atoms with Crippen LogP contribution in [0.2, 0.25) is 0 Å². The second-order valence-corrected chi connectivity index (χ2v) is 5.96. The van der Waals surface area contributed by atoms with E-state index >= 15 is 0 Å². The molecule has 1 N–H and O–H groups in total. The highest BCUT2D eigenvalue weighted by molar-refractivity contribution is 5.18. The zero-order valence-electron chi connectivity index (χ0n) is 9.89. The van der Waals surface area contributed by atoms with E-state index in [9.17, 15) is 0 Å². The van der Waals surface area contributed by atoms with Crippen molar-refractivity contribution in [2.24, 2.45) is 10.8 Å². The summed E-state index contributed by atoms with van der Waals surface area (Å²) in [4.78, 5) is 0. The minimum Gasteiger partial charge on any atom is -0.380 e. The van der Waals surface area contributed by atoms with E-state index in [2.05, 4.69) is 33.0 Å². The van der Waals surface area contributed by atoms with Crippen molar-refractivity contribution in [3.63, 3.8) is 0 Å². The number of hydrogen-bond donors (Lipinski definition) is 1. The maximum Gasteiger partial charge on any atom is 0.0619 e. The lowest BCUT2D eigenvalue weighted by Crippen LogP contribution is -2.40. The second kappa shape index (κ2) is 3.21. The normalized spacial score (nSPS) is 35.6. The Kier molecular flexibility index (Phi) is 2.39. The van der Waals surface area contributed by atoms with Gasteiger partial charge in [0.05, 0.1) is 6.61 Å². The molecular formula is C12H23NO. The zero-order chi connectivity index (χ0) is 10.4. The second-order valence-electron chi connectivity index (χ2n) is 5.96. The SMILES string of the molecule is CC1(C)C(NC2CCCOC2)C1(C)C. The van der Waals surface area contributed by atoms with Gasteiger partial charge in [0.15, 0.2) is 0 Å². The molecule has 2 nitrogen and oxygen atoms in total. The lowest BCUT2D eigenvalue weighted by atomic mass is 10.0. The Morgan fingerprint density at radius 1 is 1.14 bits per heavy atom. The molecule has 1 aliphatic carbocycles. The Morgan fingerprint density at radius 2 is 1.79 bits per heavy atom. The Morgan fingerprint density at radius 3 is 2.21 bits per heavy atom. The third-order valence-corrected chi connectivity index (χ3v) is 4.58. The molecule has 0 aromatic carbocycles. The highest BCUT2D eigenvalue weighted by atomic mass is 16.5. The van der Waals surface area contributed by atoms with E-state index in [0.717, 1.165) is 13.2 Å². The van der Waals surface area contributed by atoms with Gasteiger partial charge in [0.1, 0.15) is 0 Å². The fraction of sp³-hybridized carbons (Fsp3) is 1.00. The average Bonchev–Trinajstić information content (AvgIpc) is 2.50. The van der Waals surface area contributed by atoms with Crippen LogP contribution in [-0.4, -0.2) is 25.3 Å². The largest absolute Gasteiger partial charge is 0.380 e. The first-order chi connectivity index (χ1) is 6.46. The first kappa shape index (κ1) is 10.4. The van der Waals surface area contributed by atoms with Crippen LogP contribution >= 0.6 is 0 Å². The molecule has 2 aliphatic rings. The van der Waals surface area contributed by atoms with Crippen LogP contribution in [0.25, 0.3) is 0 Å². The summed E-state index contributed by atoms with van der Waals surface area (Å²) in [5.74, 6) is 0. The summed E-state index contributed by atoms with van der Waals surface area (Å²) >= 11 is 0. The molecule has 0 radical (unpaired) electrons. The van der Waals surface area contributed by atoms with Gasteiger partial charge < -0.3 is 10.1 Å². The minimum absolute atomic E-state index is 0.449. The van der Waals surface area contributed by atoms with Gasteiger partial charge in [0.2, 0.25) is 0 Å². The van der Waals surface area contributed by atoms with Gasteiger partial charge in [-0.2, -0.15) is 0 Å². The average molecular weight is 197 g/mol. The number of hydrogen-bond acceptors (Lipinski definition) is 2. The number of nitrogens with one attached hydrogen (secondary N) is 1. The monoisotopic (exact) mass is 197 g/mol. The van der Waals surface area contributed by atoms with Crippen molar-refractivity contribution >= 4 is 0 Å². The van der Waals surface area contributed by atoms with Crippen LogP contribution in [-0.2, 0) is 4.74 Å². The van der Waals surface area contributed by atoms with Gasteiger partial charge in [-0.05, 0) is 23.7 Å². The van der Waals surface area contributed by atoms with E-state index < -0.39 is 0 Å². The van der Waals surface area contributed by atoms with Crippen LogP contribution in [0.5, 0.6) is 0 Å². The molecule has 1 saturated carbocycles. The van der Waals surface area contributed by atoms with Crippen LogP contribution in [0.3, 0.4) is 0 Å². The fourth-order valence-electron chi connectivity index (χ4n) is 2.72. The molecule has 1 atom stereocenters. The molecule has 0 spiro atoms. The summed E-state index contributed by atoms with van der Waals surface area (Å²) in [5.41, 5.74) is 0.898. The van der Waals surface area contributed by atoms with E-state index in [0.29, 0.717) is 22.9 Å². The molecular weight excluding hydrogens is 174 g/mol. The molecule has 0 amide bonds. The summed E-state index contributed by atoms with van der Waals surface area (Å²) in [5, 5.41) is 3.75. The van der Waals surface area contributed by atoms with Gasteiger partial charge in [0.25, 0.3) is 0 Å². The summed E-state index contributed by atoms with van der Waals surface area (Å²) in [7, 11) is 0. The smallest absolute Gasteiger partial charge is 0.0619 e. The van der Waals surface area contributed by atoms with E-state index in [1.165, 1.54) is 12.8 Å². The Balaban J connectivity index is 1.87. The van der Waals surface area contributed by atoms with Crippen LogP contribution < -0.4 is 5.32 Å². The van der Waals surface area contributed by atoms with Gasteiger partial charge in [-0.15, -0.1) is 0 Å². The Hall–Kier alpha value is -0.0800. The molecule has 2 fully saturated rings. The van der Waals surface area contributed by atoms with E-state index in [-0.39, 0.29) is 0 Å². The lowest BCUT2D eigenvalue weighted by Gasteiger charge is -2.24. The predicted molar refractivity (Wildman–Crippen MR) is 58.3 cm³/mol. The van der Waals surface area contributed by atoms with Crippen molar-refractivity contribution in [3.05, 3.63) is 0 Å². The summed E-state index contributed by atoms with van der Waals surface area (Å²) < 4.78 is 5.48. The molecule has 1 aliphatic heterocycles.